The van der Waals surface area contributed by atoms with Gasteiger partial charge in [-0.1, -0.05) is 6.92 Å². The molecular weight excluding hydrogens is 428 g/mol. The van der Waals surface area contributed by atoms with Gasteiger partial charge < -0.3 is 9.47 Å². The lowest BCUT2D eigenvalue weighted by Crippen LogP contribution is -2.43. The Hall–Kier alpha value is -2.53. The molecule has 2 fully saturated rings. The molecule has 1 saturated heterocycles. The van der Waals surface area contributed by atoms with E-state index in [-0.39, 0.29) is 42.5 Å². The number of esters is 2. The van der Waals surface area contributed by atoms with E-state index in [2.05, 4.69) is 0 Å². The molecule has 1 aliphatic heterocycles. The van der Waals surface area contributed by atoms with Crippen molar-refractivity contribution in [3.63, 3.8) is 0 Å². The second kappa shape index (κ2) is 9.31. The van der Waals surface area contributed by atoms with Gasteiger partial charge in [-0.3, -0.25) is 19.8 Å². The molecule has 0 aromatic heterocycles. The molecule has 0 N–H and O–H groups in total. The quantitative estimate of drug-likeness (QED) is 0.263. The Morgan fingerprint density at radius 3 is 2.42 bits per heavy atom. The van der Waals surface area contributed by atoms with Crippen LogP contribution in [-0.2, 0) is 19.4 Å². The van der Waals surface area contributed by atoms with Crippen molar-refractivity contribution >= 4 is 27.5 Å². The summed E-state index contributed by atoms with van der Waals surface area (Å²) in [6.45, 7) is 2.16. The number of carbonyl (C=O) groups is 2. The van der Waals surface area contributed by atoms with Gasteiger partial charge in [0.05, 0.1) is 28.5 Å². The number of carbonyl (C=O) groups excluding carboxylic acids is 2. The van der Waals surface area contributed by atoms with Crippen LogP contribution in [0.2, 0.25) is 0 Å². The van der Waals surface area contributed by atoms with E-state index in [0.29, 0.717) is 6.42 Å². The molecule has 1 heterocycles. The Morgan fingerprint density at radius 1 is 1.19 bits per heavy atom. The average molecular weight is 455 g/mol. The van der Waals surface area contributed by atoms with Gasteiger partial charge in [0, 0.05) is 19.2 Å². The summed E-state index contributed by atoms with van der Waals surface area (Å²) in [6.07, 6.45) is 4.15. The SMILES string of the molecule is CCC1(OC(=O)c2ccc(OC(=O)CN3CCS(=O)(=O)CC3)c([N+](=O)[O-])c2)CCCC1. The minimum Gasteiger partial charge on any atom is -0.455 e. The summed E-state index contributed by atoms with van der Waals surface area (Å²) in [4.78, 5) is 37.2. The molecule has 0 atom stereocenters. The predicted octanol–water partition coefficient (Wildman–Crippen LogP) is 2.11. The zero-order valence-corrected chi connectivity index (χ0v) is 18.2. The van der Waals surface area contributed by atoms with Crippen LogP contribution in [0, 0.1) is 10.1 Å². The molecule has 1 aromatic rings. The van der Waals surface area contributed by atoms with Crippen LogP contribution in [0.1, 0.15) is 49.4 Å². The van der Waals surface area contributed by atoms with Gasteiger partial charge in [0.2, 0.25) is 5.75 Å². The summed E-state index contributed by atoms with van der Waals surface area (Å²) in [6, 6.07) is 3.60. The highest BCUT2D eigenvalue weighted by atomic mass is 32.2. The maximum Gasteiger partial charge on any atom is 0.338 e. The monoisotopic (exact) mass is 454 g/mol. The van der Waals surface area contributed by atoms with Crippen LogP contribution in [0.4, 0.5) is 5.69 Å². The van der Waals surface area contributed by atoms with Gasteiger partial charge in [0.1, 0.15) is 5.60 Å². The molecule has 0 radical (unpaired) electrons. The smallest absolute Gasteiger partial charge is 0.338 e. The van der Waals surface area contributed by atoms with Crippen LogP contribution in [0.5, 0.6) is 5.75 Å². The Morgan fingerprint density at radius 2 is 1.84 bits per heavy atom. The van der Waals surface area contributed by atoms with E-state index in [1.165, 1.54) is 12.1 Å². The summed E-state index contributed by atoms with van der Waals surface area (Å²) in [5, 5.41) is 11.5. The van der Waals surface area contributed by atoms with Gasteiger partial charge in [0.15, 0.2) is 9.84 Å². The van der Waals surface area contributed by atoms with Crippen molar-refractivity contribution in [1.82, 2.24) is 4.90 Å². The summed E-state index contributed by atoms with van der Waals surface area (Å²) < 4.78 is 33.8. The fourth-order valence-electron chi connectivity index (χ4n) is 3.92. The van der Waals surface area contributed by atoms with E-state index < -0.39 is 38.0 Å². The number of sulfone groups is 1. The fraction of sp³-hybridized carbons (Fsp3) is 0.600. The van der Waals surface area contributed by atoms with Gasteiger partial charge in [0.25, 0.3) is 0 Å². The predicted molar refractivity (Wildman–Crippen MR) is 111 cm³/mol. The number of nitro benzene ring substituents is 1. The number of rotatable bonds is 7. The van der Waals surface area contributed by atoms with Crippen molar-refractivity contribution in [2.45, 2.75) is 44.6 Å². The molecule has 0 bridgehead atoms. The maximum absolute atomic E-state index is 12.6. The number of hydrogen-bond donors (Lipinski definition) is 0. The van der Waals surface area contributed by atoms with Crippen LogP contribution < -0.4 is 4.74 Å². The van der Waals surface area contributed by atoms with Crippen molar-refractivity contribution in [2.24, 2.45) is 0 Å². The van der Waals surface area contributed by atoms with Gasteiger partial charge in [-0.25, -0.2) is 13.2 Å². The number of hydrogen-bond acceptors (Lipinski definition) is 9. The molecule has 1 aromatic carbocycles. The van der Waals surface area contributed by atoms with E-state index in [4.69, 9.17) is 9.47 Å². The van der Waals surface area contributed by atoms with E-state index in [1.54, 1.807) is 4.90 Å². The number of nitrogens with zero attached hydrogens (tertiary/aromatic N) is 2. The third-order valence-corrected chi connectivity index (χ3v) is 7.48. The van der Waals surface area contributed by atoms with Gasteiger partial charge in [-0.05, 0) is 44.2 Å². The molecule has 3 rings (SSSR count). The second-order valence-corrected chi connectivity index (χ2v) is 10.3. The van der Waals surface area contributed by atoms with Crippen LogP contribution in [0.3, 0.4) is 0 Å². The summed E-state index contributed by atoms with van der Waals surface area (Å²) in [7, 11) is -3.08. The first-order valence-corrected chi connectivity index (χ1v) is 12.1. The fourth-order valence-corrected chi connectivity index (χ4v) is 5.20. The van der Waals surface area contributed by atoms with E-state index in [1.807, 2.05) is 6.92 Å². The van der Waals surface area contributed by atoms with Gasteiger partial charge in [-0.15, -0.1) is 0 Å². The summed E-state index contributed by atoms with van der Waals surface area (Å²) in [5.74, 6) is -1.75. The lowest BCUT2D eigenvalue weighted by Gasteiger charge is -2.27. The Kier molecular flexibility index (Phi) is 6.95. The van der Waals surface area contributed by atoms with E-state index >= 15 is 0 Å². The van der Waals surface area contributed by atoms with Crippen LogP contribution in [-0.4, -0.2) is 66.9 Å². The largest absolute Gasteiger partial charge is 0.455 e. The van der Waals surface area contributed by atoms with E-state index in [0.717, 1.165) is 31.7 Å². The molecule has 1 saturated carbocycles. The third kappa shape index (κ3) is 5.79. The number of ether oxygens (including phenoxy) is 2. The molecule has 2 aliphatic rings. The Labute approximate surface area is 180 Å². The van der Waals surface area contributed by atoms with E-state index in [9.17, 15) is 28.1 Å². The number of nitro groups is 1. The molecule has 11 heteroatoms. The molecule has 31 heavy (non-hydrogen) atoms. The first-order chi connectivity index (χ1) is 14.6. The van der Waals surface area contributed by atoms with Crippen molar-refractivity contribution in [3.05, 3.63) is 33.9 Å². The second-order valence-electron chi connectivity index (χ2n) is 7.97. The molecule has 1 aliphatic carbocycles. The molecule has 170 valence electrons. The van der Waals surface area contributed by atoms with Gasteiger partial charge in [-0.2, -0.15) is 0 Å². The minimum absolute atomic E-state index is 0.0208. The van der Waals surface area contributed by atoms with Crippen molar-refractivity contribution in [1.29, 1.82) is 0 Å². The first kappa shape index (κ1) is 23.1. The van der Waals surface area contributed by atoms with Crippen LogP contribution >= 0.6 is 0 Å². The molecule has 0 unspecified atom stereocenters. The highest BCUT2D eigenvalue weighted by molar-refractivity contribution is 7.91. The topological polar surface area (TPSA) is 133 Å². The zero-order chi connectivity index (χ0) is 22.6. The molecule has 10 nitrogen and oxygen atoms in total. The zero-order valence-electron chi connectivity index (χ0n) is 17.4. The van der Waals surface area contributed by atoms with Crippen LogP contribution in [0.25, 0.3) is 0 Å². The highest BCUT2D eigenvalue weighted by Crippen LogP contribution is 2.37. The normalized spacial score (nSPS) is 20.2. The van der Waals surface area contributed by atoms with Crippen molar-refractivity contribution in [2.75, 3.05) is 31.1 Å². The lowest BCUT2D eigenvalue weighted by molar-refractivity contribution is -0.385. The maximum atomic E-state index is 12.6. The Balaban J connectivity index is 1.68. The standard InChI is InChI=1S/C20H26N2O8S/c1-2-20(7-3-4-8-20)30-19(24)15-5-6-17(16(13-15)22(25)26)29-18(23)14-21-9-11-31(27,28)12-10-21/h5-6,13H,2-4,7-12,14H2,1H3. The summed E-state index contributed by atoms with van der Waals surface area (Å²) >= 11 is 0. The number of benzene rings is 1. The lowest BCUT2D eigenvalue weighted by atomic mass is 9.98. The molecular formula is C20H26N2O8S. The van der Waals surface area contributed by atoms with Crippen LogP contribution in [0.15, 0.2) is 18.2 Å². The van der Waals surface area contributed by atoms with Crippen molar-refractivity contribution < 1.29 is 32.4 Å². The molecule has 0 spiro atoms. The Bertz CT molecular complexity index is 955. The average Bonchev–Trinajstić information content (AvgIpc) is 3.18. The molecule has 0 amide bonds. The summed E-state index contributed by atoms with van der Waals surface area (Å²) in [5.41, 5.74) is -1.02. The van der Waals surface area contributed by atoms with Crippen molar-refractivity contribution in [3.8, 4) is 5.75 Å². The minimum atomic E-state index is -3.08. The first-order valence-electron chi connectivity index (χ1n) is 10.3. The highest BCUT2D eigenvalue weighted by Gasteiger charge is 2.36. The van der Waals surface area contributed by atoms with Gasteiger partial charge >= 0.3 is 17.6 Å². The third-order valence-electron chi connectivity index (χ3n) is 5.87.